The van der Waals surface area contributed by atoms with Crippen molar-refractivity contribution >= 4 is 17.6 Å². The molecule has 16 atom stereocenters. The number of rotatable bonds is 13. The number of ether oxygens (including phenoxy) is 5. The minimum absolute atomic E-state index is 0.463. The third-order valence-corrected chi connectivity index (χ3v) is 8.18. The molecule has 1 amide bonds. The maximum atomic E-state index is 12.4. The Kier molecular flexibility index (Phi) is 13.8. The predicted octanol–water partition coefficient (Wildman–Crippen LogP) is -5.53. The van der Waals surface area contributed by atoms with Crippen molar-refractivity contribution < 1.29 is 89.2 Å². The number of carboxylic acid groups (broad SMARTS) is 1. The zero-order chi connectivity index (χ0) is 35.4. The fourth-order valence-electron chi connectivity index (χ4n) is 5.46. The van der Waals surface area contributed by atoms with E-state index in [4.69, 9.17) is 28.5 Å². The Morgan fingerprint density at radius 1 is 0.957 bits per heavy atom. The van der Waals surface area contributed by atoms with Gasteiger partial charge in [0.25, 0.3) is 5.79 Å². The first-order chi connectivity index (χ1) is 22.0. The smallest absolute Gasteiger partial charge is 0.364 e. The molecule has 3 rings (SSSR count). The minimum Gasteiger partial charge on any atom is -0.477 e. The van der Waals surface area contributed by atoms with Crippen LogP contribution in [-0.2, 0) is 38.1 Å². The van der Waals surface area contributed by atoms with E-state index < -0.39 is 136 Å². The average Bonchev–Trinajstić information content (AvgIpc) is 3.02. The van der Waals surface area contributed by atoms with E-state index in [-0.39, 0.29) is 0 Å². The molecule has 0 aromatic rings. The predicted molar refractivity (Wildman–Crippen MR) is 151 cm³/mol. The van der Waals surface area contributed by atoms with Gasteiger partial charge in [0, 0.05) is 19.3 Å². The van der Waals surface area contributed by atoms with Crippen LogP contribution in [0, 0.1) is 5.92 Å². The van der Waals surface area contributed by atoms with Crippen molar-refractivity contribution in [3.05, 3.63) is 0 Å². The summed E-state index contributed by atoms with van der Waals surface area (Å²) in [4.78, 5) is 29.5. The molecule has 272 valence electrons. The van der Waals surface area contributed by atoms with Gasteiger partial charge in [-0.1, -0.05) is 12.1 Å². The quantitative estimate of drug-likeness (QED) is 0.0635. The van der Waals surface area contributed by atoms with E-state index >= 15 is 0 Å². The Labute approximate surface area is 269 Å². The fraction of sp³-hybridized carbons (Fsp3) is 0.889. The highest BCUT2D eigenvalue weighted by molar-refractivity contribution is 5.78. The number of carbonyl (C=O) groups is 2. The molecule has 3 heterocycles. The van der Waals surface area contributed by atoms with Crippen LogP contribution in [0.4, 0.5) is 0 Å². The SMILES string of the molecule is CC(=O)NC1[C@H](ON=C(C)C)OC(CO)[C@@H](O[C@@H]2OC(CO[C@]3(C(=O)O)CC(O)[C@@H](C)C([C@H](O)[C@H](O)CO)O3)[C@H](O)[C@H](O)C2O)[C@@H]1O. The summed E-state index contributed by atoms with van der Waals surface area (Å²) < 4.78 is 28.0. The van der Waals surface area contributed by atoms with Crippen LogP contribution in [0.25, 0.3) is 0 Å². The molecule has 0 radical (unpaired) electrons. The Morgan fingerprint density at radius 3 is 2.15 bits per heavy atom. The maximum absolute atomic E-state index is 12.4. The van der Waals surface area contributed by atoms with E-state index in [9.17, 15) is 60.7 Å². The molecule has 6 unspecified atom stereocenters. The molecule has 3 aliphatic rings. The van der Waals surface area contributed by atoms with E-state index in [2.05, 4.69) is 10.5 Å². The van der Waals surface area contributed by atoms with Gasteiger partial charge in [0.15, 0.2) is 6.29 Å². The number of aliphatic hydroxyl groups is 9. The first-order valence-corrected chi connectivity index (χ1v) is 14.9. The van der Waals surface area contributed by atoms with Gasteiger partial charge < -0.3 is 84.9 Å². The molecule has 3 fully saturated rings. The summed E-state index contributed by atoms with van der Waals surface area (Å²) in [5.74, 6) is -5.98. The lowest BCUT2D eigenvalue weighted by atomic mass is 9.84. The average molecular weight is 687 g/mol. The van der Waals surface area contributed by atoms with Gasteiger partial charge in [0.1, 0.15) is 61.0 Å². The van der Waals surface area contributed by atoms with Crippen LogP contribution in [0.1, 0.15) is 34.1 Å². The van der Waals surface area contributed by atoms with Crippen molar-refractivity contribution in [1.29, 1.82) is 0 Å². The molecule has 20 heteroatoms. The second-order valence-corrected chi connectivity index (χ2v) is 12.0. The molecule has 3 aliphatic heterocycles. The van der Waals surface area contributed by atoms with Gasteiger partial charge in [0.2, 0.25) is 12.2 Å². The summed E-state index contributed by atoms with van der Waals surface area (Å²) in [7, 11) is 0. The van der Waals surface area contributed by atoms with Gasteiger partial charge in [-0.25, -0.2) is 4.79 Å². The number of oxime groups is 1. The van der Waals surface area contributed by atoms with Gasteiger partial charge in [-0.15, -0.1) is 0 Å². The highest BCUT2D eigenvalue weighted by atomic mass is 16.8. The Bertz CT molecular complexity index is 1080. The number of carbonyl (C=O) groups excluding carboxylic acids is 1. The number of aliphatic carboxylic acids is 1. The number of amides is 1. The molecule has 0 aromatic carbocycles. The lowest BCUT2D eigenvalue weighted by molar-refractivity contribution is -0.361. The molecule has 0 aromatic heterocycles. The summed E-state index contributed by atoms with van der Waals surface area (Å²) in [5.41, 5.74) is 0.463. The first-order valence-electron chi connectivity index (χ1n) is 14.9. The molecule has 47 heavy (non-hydrogen) atoms. The number of hydrogen-bond donors (Lipinski definition) is 11. The topological polar surface area (TPSA) is 316 Å². The number of nitrogens with zero attached hydrogens (tertiary/aromatic N) is 1. The zero-order valence-corrected chi connectivity index (χ0v) is 26.2. The summed E-state index contributed by atoms with van der Waals surface area (Å²) in [5, 5.41) is 110. The van der Waals surface area contributed by atoms with E-state index in [0.29, 0.717) is 5.71 Å². The Balaban J connectivity index is 1.82. The van der Waals surface area contributed by atoms with Crippen LogP contribution in [0.15, 0.2) is 5.16 Å². The normalized spacial score (nSPS) is 42.2. The van der Waals surface area contributed by atoms with Gasteiger partial charge >= 0.3 is 5.97 Å². The number of hydrogen-bond acceptors (Lipinski definition) is 18. The monoisotopic (exact) mass is 686 g/mol. The van der Waals surface area contributed by atoms with E-state index in [1.807, 2.05) is 0 Å². The lowest BCUT2D eigenvalue weighted by Crippen LogP contribution is -2.67. The number of nitrogens with one attached hydrogen (secondary N) is 1. The highest BCUT2D eigenvalue weighted by Crippen LogP contribution is 2.37. The second-order valence-electron chi connectivity index (χ2n) is 12.0. The molecule has 0 aliphatic carbocycles. The molecular weight excluding hydrogens is 640 g/mol. The molecule has 0 saturated carbocycles. The van der Waals surface area contributed by atoms with Crippen LogP contribution < -0.4 is 5.32 Å². The van der Waals surface area contributed by atoms with E-state index in [1.54, 1.807) is 13.8 Å². The van der Waals surface area contributed by atoms with Crippen molar-refractivity contribution in [2.45, 2.75) is 126 Å². The molecule has 0 bridgehead atoms. The zero-order valence-electron chi connectivity index (χ0n) is 26.2. The highest BCUT2D eigenvalue weighted by Gasteiger charge is 2.56. The molecule has 0 spiro atoms. The van der Waals surface area contributed by atoms with E-state index in [1.165, 1.54) is 6.92 Å². The Morgan fingerprint density at radius 2 is 1.60 bits per heavy atom. The van der Waals surface area contributed by atoms with Gasteiger partial charge in [-0.05, 0) is 13.8 Å². The fourth-order valence-corrected chi connectivity index (χ4v) is 5.46. The van der Waals surface area contributed by atoms with Crippen molar-refractivity contribution in [3.63, 3.8) is 0 Å². The number of carboxylic acids is 1. The standard InChI is InChI=1S/C27H46N2O18/c1-9(2)29-47-24-16(28-11(4)32)19(37)23(14(7-31)43-24)45-25-21(39)20(38)18(36)15(44-25)8-42-27(26(40)41)5-12(33)10(3)22(46-27)17(35)13(34)6-30/h10,12-25,30-31,33-39H,5-8H2,1-4H3,(H,28,32)(H,40,41)/t10-,12?,13-,14?,15?,16?,17-,18+,19-,20+,21?,22?,23-,24+,25+,27-/m1/s1. The van der Waals surface area contributed by atoms with Gasteiger partial charge in [0.05, 0.1) is 37.7 Å². The number of aliphatic hydroxyl groups excluding tert-OH is 9. The molecule has 11 N–H and O–H groups in total. The second kappa shape index (κ2) is 16.5. The first kappa shape index (κ1) is 39.3. The van der Waals surface area contributed by atoms with Gasteiger partial charge in [-0.3, -0.25) is 4.79 Å². The molecule has 20 nitrogen and oxygen atoms in total. The third-order valence-electron chi connectivity index (χ3n) is 8.18. The van der Waals surface area contributed by atoms with Crippen molar-refractivity contribution in [3.8, 4) is 0 Å². The molecule has 3 saturated heterocycles. The minimum atomic E-state index is -2.68. The van der Waals surface area contributed by atoms with Crippen molar-refractivity contribution in [2.75, 3.05) is 19.8 Å². The summed E-state index contributed by atoms with van der Waals surface area (Å²) in [6.07, 6.45) is -22.7. The maximum Gasteiger partial charge on any atom is 0.364 e. The third kappa shape index (κ3) is 8.91. The Hall–Kier alpha value is -2.15. The van der Waals surface area contributed by atoms with Crippen LogP contribution in [0.2, 0.25) is 0 Å². The van der Waals surface area contributed by atoms with E-state index in [0.717, 1.165) is 6.92 Å². The summed E-state index contributed by atoms with van der Waals surface area (Å²) in [6, 6.07) is -1.32. The van der Waals surface area contributed by atoms with Crippen molar-refractivity contribution in [1.82, 2.24) is 5.32 Å². The van der Waals surface area contributed by atoms with Crippen LogP contribution in [0.3, 0.4) is 0 Å². The van der Waals surface area contributed by atoms with Crippen molar-refractivity contribution in [2.24, 2.45) is 11.1 Å². The van der Waals surface area contributed by atoms with Crippen LogP contribution >= 0.6 is 0 Å². The van der Waals surface area contributed by atoms with Crippen LogP contribution in [0.5, 0.6) is 0 Å². The van der Waals surface area contributed by atoms with Gasteiger partial charge in [-0.2, -0.15) is 0 Å². The van der Waals surface area contributed by atoms with Crippen LogP contribution in [-0.4, -0.2) is 180 Å². The summed E-state index contributed by atoms with van der Waals surface area (Å²) >= 11 is 0. The lowest BCUT2D eigenvalue weighted by Gasteiger charge is -2.48. The largest absolute Gasteiger partial charge is 0.477 e. The summed E-state index contributed by atoms with van der Waals surface area (Å²) in [6.45, 7) is 3.21. The molecular formula is C27H46N2O18.